The Bertz CT molecular complexity index is 531. The second-order valence-corrected chi connectivity index (χ2v) is 4.80. The van der Waals surface area contributed by atoms with Crippen LogP contribution in [0.15, 0.2) is 23.7 Å². The molecule has 88 valence electrons. The summed E-state index contributed by atoms with van der Waals surface area (Å²) in [5.41, 5.74) is 1.04. The standard InChI is InChI=1S/C11H9ClN2O2S/c12-8-3-7(4-9-10(8)16-6-15-9)5-14-11-13-1-2-17-11/h1-4H,5-6H2,(H,13,14). The Labute approximate surface area is 107 Å². The molecule has 0 saturated carbocycles. The van der Waals surface area contributed by atoms with Gasteiger partial charge in [-0.25, -0.2) is 4.98 Å². The number of ether oxygens (including phenoxy) is 2. The van der Waals surface area contributed by atoms with E-state index in [0.29, 0.717) is 23.1 Å². The minimum Gasteiger partial charge on any atom is -0.454 e. The number of benzene rings is 1. The first-order valence-corrected chi connectivity index (χ1v) is 6.30. The van der Waals surface area contributed by atoms with Crippen LogP contribution in [0.25, 0.3) is 0 Å². The number of anilines is 1. The van der Waals surface area contributed by atoms with E-state index in [0.717, 1.165) is 10.7 Å². The van der Waals surface area contributed by atoms with E-state index in [1.165, 1.54) is 0 Å². The summed E-state index contributed by atoms with van der Waals surface area (Å²) in [6, 6.07) is 3.80. The molecule has 0 aliphatic carbocycles. The molecule has 0 saturated heterocycles. The molecule has 1 N–H and O–H groups in total. The van der Waals surface area contributed by atoms with Gasteiger partial charge in [0, 0.05) is 18.1 Å². The lowest BCUT2D eigenvalue weighted by Crippen LogP contribution is -1.98. The van der Waals surface area contributed by atoms with Crippen LogP contribution >= 0.6 is 22.9 Å². The SMILES string of the molecule is Clc1cc(CNc2nccs2)cc2c1OCO2. The van der Waals surface area contributed by atoms with Crippen LogP contribution in [-0.2, 0) is 6.54 Å². The highest BCUT2D eigenvalue weighted by atomic mass is 35.5. The first-order chi connectivity index (χ1) is 8.33. The van der Waals surface area contributed by atoms with Crippen LogP contribution in [-0.4, -0.2) is 11.8 Å². The fourth-order valence-corrected chi connectivity index (χ4v) is 2.43. The van der Waals surface area contributed by atoms with E-state index in [9.17, 15) is 0 Å². The molecule has 2 aromatic rings. The van der Waals surface area contributed by atoms with E-state index in [4.69, 9.17) is 21.1 Å². The second kappa shape index (κ2) is 4.43. The third-order valence-electron chi connectivity index (χ3n) is 2.36. The Morgan fingerprint density at radius 1 is 1.41 bits per heavy atom. The number of halogens is 1. The van der Waals surface area contributed by atoms with Crippen LogP contribution < -0.4 is 14.8 Å². The maximum Gasteiger partial charge on any atom is 0.231 e. The van der Waals surface area contributed by atoms with E-state index in [1.807, 2.05) is 17.5 Å². The molecule has 0 atom stereocenters. The number of fused-ring (bicyclic) bond motifs is 1. The largest absolute Gasteiger partial charge is 0.454 e. The lowest BCUT2D eigenvalue weighted by Gasteiger charge is -2.05. The lowest BCUT2D eigenvalue weighted by atomic mass is 10.2. The van der Waals surface area contributed by atoms with Crippen molar-refractivity contribution in [3.63, 3.8) is 0 Å². The minimum atomic E-state index is 0.235. The van der Waals surface area contributed by atoms with Gasteiger partial charge < -0.3 is 14.8 Å². The summed E-state index contributed by atoms with van der Waals surface area (Å²) in [5.74, 6) is 1.33. The van der Waals surface area contributed by atoms with E-state index in [2.05, 4.69) is 10.3 Å². The summed E-state index contributed by atoms with van der Waals surface area (Å²) in [6.45, 7) is 0.891. The molecule has 0 unspecified atom stereocenters. The quantitative estimate of drug-likeness (QED) is 0.929. The minimum absolute atomic E-state index is 0.235. The predicted molar refractivity (Wildman–Crippen MR) is 67.0 cm³/mol. The van der Waals surface area contributed by atoms with Gasteiger partial charge in [0.25, 0.3) is 0 Å². The third kappa shape index (κ3) is 2.16. The highest BCUT2D eigenvalue weighted by Crippen LogP contribution is 2.39. The molecule has 0 fully saturated rings. The highest BCUT2D eigenvalue weighted by molar-refractivity contribution is 7.13. The fourth-order valence-electron chi connectivity index (χ4n) is 1.61. The van der Waals surface area contributed by atoms with E-state index in [-0.39, 0.29) is 6.79 Å². The molecule has 6 heteroatoms. The Morgan fingerprint density at radius 2 is 2.35 bits per heavy atom. The average molecular weight is 269 g/mol. The van der Waals surface area contributed by atoms with E-state index in [1.54, 1.807) is 17.5 Å². The summed E-state index contributed by atoms with van der Waals surface area (Å²) < 4.78 is 10.6. The molecule has 3 rings (SSSR count). The maximum atomic E-state index is 6.09. The van der Waals surface area contributed by atoms with Crippen LogP contribution in [0.4, 0.5) is 5.13 Å². The molecule has 0 bridgehead atoms. The predicted octanol–water partition coefficient (Wildman–Crippen LogP) is 3.14. The van der Waals surface area contributed by atoms with Crippen LogP contribution in [0.1, 0.15) is 5.56 Å². The topological polar surface area (TPSA) is 43.4 Å². The fraction of sp³-hybridized carbons (Fsp3) is 0.182. The normalized spacial score (nSPS) is 12.8. The van der Waals surface area contributed by atoms with Crippen molar-refractivity contribution in [1.82, 2.24) is 4.98 Å². The Kier molecular flexibility index (Phi) is 2.78. The number of thiazole rings is 1. The Morgan fingerprint density at radius 3 is 3.18 bits per heavy atom. The molecule has 4 nitrogen and oxygen atoms in total. The molecule has 0 amide bonds. The summed E-state index contributed by atoms with van der Waals surface area (Å²) >= 11 is 7.65. The molecule has 1 aromatic carbocycles. The number of rotatable bonds is 3. The zero-order valence-electron chi connectivity index (χ0n) is 8.77. The molecule has 0 spiro atoms. The van der Waals surface area contributed by atoms with E-state index >= 15 is 0 Å². The first-order valence-electron chi connectivity index (χ1n) is 5.04. The van der Waals surface area contributed by atoms with Gasteiger partial charge in [-0.05, 0) is 17.7 Å². The van der Waals surface area contributed by atoms with Gasteiger partial charge in [0.2, 0.25) is 6.79 Å². The van der Waals surface area contributed by atoms with Crippen LogP contribution in [0.5, 0.6) is 11.5 Å². The molecule has 1 aliphatic rings. The van der Waals surface area contributed by atoms with Crippen molar-refractivity contribution < 1.29 is 9.47 Å². The smallest absolute Gasteiger partial charge is 0.231 e. The first kappa shape index (κ1) is 10.7. The van der Waals surface area contributed by atoms with Crippen molar-refractivity contribution in [2.24, 2.45) is 0 Å². The lowest BCUT2D eigenvalue weighted by molar-refractivity contribution is 0.174. The molecule has 1 aromatic heterocycles. The number of aromatic nitrogens is 1. The van der Waals surface area contributed by atoms with Gasteiger partial charge in [-0.15, -0.1) is 11.3 Å². The molecule has 2 heterocycles. The summed E-state index contributed by atoms with van der Waals surface area (Å²) in [5, 5.41) is 6.60. The van der Waals surface area contributed by atoms with Crippen molar-refractivity contribution in [3.8, 4) is 11.5 Å². The maximum absolute atomic E-state index is 6.09. The molecular formula is C11H9ClN2O2S. The zero-order chi connectivity index (χ0) is 11.7. The summed E-state index contributed by atoms with van der Waals surface area (Å²) in [7, 11) is 0. The van der Waals surface area contributed by atoms with Gasteiger partial charge in [0.15, 0.2) is 16.6 Å². The molecule has 17 heavy (non-hydrogen) atoms. The number of nitrogens with one attached hydrogen (secondary N) is 1. The van der Waals surface area contributed by atoms with Crippen LogP contribution in [0.2, 0.25) is 5.02 Å². The second-order valence-electron chi connectivity index (χ2n) is 3.50. The Balaban J connectivity index is 1.78. The Hall–Kier alpha value is -1.46. The van der Waals surface area contributed by atoms with Crippen LogP contribution in [0.3, 0.4) is 0 Å². The highest BCUT2D eigenvalue weighted by Gasteiger charge is 2.18. The van der Waals surface area contributed by atoms with Crippen molar-refractivity contribution in [3.05, 3.63) is 34.3 Å². The third-order valence-corrected chi connectivity index (χ3v) is 3.37. The van der Waals surface area contributed by atoms with Gasteiger partial charge in [-0.3, -0.25) is 0 Å². The summed E-state index contributed by atoms with van der Waals surface area (Å²) in [6.07, 6.45) is 1.76. The van der Waals surface area contributed by atoms with E-state index < -0.39 is 0 Å². The monoisotopic (exact) mass is 268 g/mol. The van der Waals surface area contributed by atoms with Crippen LogP contribution in [0, 0.1) is 0 Å². The van der Waals surface area contributed by atoms with Crippen molar-refractivity contribution in [2.75, 3.05) is 12.1 Å². The van der Waals surface area contributed by atoms with Gasteiger partial charge in [-0.2, -0.15) is 0 Å². The molecule has 1 aliphatic heterocycles. The number of nitrogens with zero attached hydrogens (tertiary/aromatic N) is 1. The van der Waals surface area contributed by atoms with Crippen molar-refractivity contribution in [2.45, 2.75) is 6.54 Å². The molecular weight excluding hydrogens is 260 g/mol. The zero-order valence-corrected chi connectivity index (χ0v) is 10.3. The van der Waals surface area contributed by atoms with Gasteiger partial charge in [0.05, 0.1) is 5.02 Å². The average Bonchev–Trinajstić information content (AvgIpc) is 2.97. The molecule has 0 radical (unpaired) electrons. The van der Waals surface area contributed by atoms with Gasteiger partial charge in [0.1, 0.15) is 0 Å². The van der Waals surface area contributed by atoms with Crippen molar-refractivity contribution in [1.29, 1.82) is 0 Å². The summed E-state index contributed by atoms with van der Waals surface area (Å²) in [4.78, 5) is 4.14. The van der Waals surface area contributed by atoms with Crippen molar-refractivity contribution >= 4 is 28.1 Å². The van der Waals surface area contributed by atoms with Gasteiger partial charge >= 0.3 is 0 Å². The number of hydrogen-bond acceptors (Lipinski definition) is 5. The van der Waals surface area contributed by atoms with Gasteiger partial charge in [-0.1, -0.05) is 11.6 Å². The number of hydrogen-bond donors (Lipinski definition) is 1.